The minimum absolute atomic E-state index is 0.210. The highest BCUT2D eigenvalue weighted by atomic mass is 79.9. The minimum Gasteiger partial charge on any atom is -0.338 e. The zero-order chi connectivity index (χ0) is 16.1. The van der Waals surface area contributed by atoms with E-state index in [1.165, 1.54) is 11.1 Å². The van der Waals surface area contributed by atoms with Crippen LogP contribution < -0.4 is 0 Å². The van der Waals surface area contributed by atoms with Crippen molar-refractivity contribution in [3.05, 3.63) is 70.7 Å². The molecule has 0 aromatic heterocycles. The summed E-state index contributed by atoms with van der Waals surface area (Å²) in [7, 11) is 0. The number of hydrogen-bond acceptors (Lipinski definition) is 2. The molecule has 0 spiro atoms. The summed E-state index contributed by atoms with van der Waals surface area (Å²) in [6.07, 6.45) is 3.11. The van der Waals surface area contributed by atoms with E-state index in [2.05, 4.69) is 46.3 Å². The summed E-state index contributed by atoms with van der Waals surface area (Å²) < 4.78 is 1.06. The van der Waals surface area contributed by atoms with Crippen LogP contribution in [0, 0.1) is 0 Å². The van der Waals surface area contributed by atoms with E-state index in [9.17, 15) is 4.79 Å². The number of carbonyl (C=O) groups is 1. The number of carbonyl (C=O) groups excluding carboxylic acids is 1. The molecule has 1 aliphatic heterocycles. The molecule has 2 nitrogen and oxygen atoms in total. The molecule has 23 heavy (non-hydrogen) atoms. The molecule has 1 amide bonds. The summed E-state index contributed by atoms with van der Waals surface area (Å²) in [4.78, 5) is 15.4. The van der Waals surface area contributed by atoms with Gasteiger partial charge in [0.2, 0.25) is 5.91 Å². The Balaban J connectivity index is 1.54. The third-order valence-corrected chi connectivity index (χ3v) is 5.41. The van der Waals surface area contributed by atoms with Gasteiger partial charge in [-0.3, -0.25) is 4.79 Å². The summed E-state index contributed by atoms with van der Waals surface area (Å²) in [5.74, 6) is 0.706. The molecule has 0 fully saturated rings. The lowest BCUT2D eigenvalue weighted by atomic mass is 10.00. The van der Waals surface area contributed by atoms with Gasteiger partial charge in [0, 0.05) is 22.5 Å². The lowest BCUT2D eigenvalue weighted by molar-refractivity contribution is -0.127. The third kappa shape index (κ3) is 4.49. The van der Waals surface area contributed by atoms with Crippen LogP contribution in [0.4, 0.5) is 0 Å². The Morgan fingerprint density at radius 2 is 1.83 bits per heavy atom. The second kappa shape index (κ2) is 7.84. The number of rotatable bonds is 4. The second-order valence-electron chi connectivity index (χ2n) is 5.43. The summed E-state index contributed by atoms with van der Waals surface area (Å²) >= 11 is 5.02. The van der Waals surface area contributed by atoms with E-state index in [-0.39, 0.29) is 5.91 Å². The zero-order valence-electron chi connectivity index (χ0n) is 12.7. The van der Waals surface area contributed by atoms with Crippen LogP contribution in [0.5, 0.6) is 0 Å². The fraction of sp³-hybridized carbons (Fsp3) is 0.211. The van der Waals surface area contributed by atoms with Gasteiger partial charge >= 0.3 is 0 Å². The number of nitrogens with zero attached hydrogens (tertiary/aromatic N) is 1. The zero-order valence-corrected chi connectivity index (χ0v) is 15.1. The Hall–Kier alpha value is -1.52. The molecule has 0 aliphatic carbocycles. The van der Waals surface area contributed by atoms with Gasteiger partial charge < -0.3 is 4.90 Å². The molecule has 3 rings (SSSR count). The van der Waals surface area contributed by atoms with Crippen LogP contribution in [0.25, 0.3) is 5.57 Å². The first kappa shape index (κ1) is 16.3. The van der Waals surface area contributed by atoms with Crippen LogP contribution in [-0.2, 0) is 4.79 Å². The lowest BCUT2D eigenvalue weighted by Gasteiger charge is -2.26. The van der Waals surface area contributed by atoms with Crippen LogP contribution in [0.3, 0.4) is 0 Å². The maximum Gasteiger partial charge on any atom is 0.233 e. The standard InChI is InChI=1S/C19H18BrNOS/c20-17-6-8-18(9-7-17)23-14-19(22)21-12-10-16(11-13-21)15-4-2-1-3-5-15/h1-10H,11-14H2. The van der Waals surface area contributed by atoms with Crippen molar-refractivity contribution in [3.8, 4) is 0 Å². The summed E-state index contributed by atoms with van der Waals surface area (Å²) in [5, 5.41) is 0. The van der Waals surface area contributed by atoms with E-state index < -0.39 is 0 Å². The van der Waals surface area contributed by atoms with Gasteiger partial charge in [-0.15, -0.1) is 11.8 Å². The van der Waals surface area contributed by atoms with Crippen molar-refractivity contribution in [2.24, 2.45) is 0 Å². The van der Waals surface area contributed by atoms with E-state index in [1.807, 2.05) is 35.2 Å². The summed E-state index contributed by atoms with van der Waals surface area (Å²) in [6, 6.07) is 18.5. The fourth-order valence-corrected chi connectivity index (χ4v) is 3.64. The van der Waals surface area contributed by atoms with E-state index >= 15 is 0 Å². The number of hydrogen-bond donors (Lipinski definition) is 0. The molecular weight excluding hydrogens is 370 g/mol. The molecule has 0 N–H and O–H groups in total. The minimum atomic E-state index is 0.210. The SMILES string of the molecule is O=C(CSc1ccc(Br)cc1)N1CC=C(c2ccccc2)CC1. The van der Waals surface area contributed by atoms with Gasteiger partial charge in [0.15, 0.2) is 0 Å². The molecule has 2 aromatic rings. The van der Waals surface area contributed by atoms with Gasteiger partial charge in [0.1, 0.15) is 0 Å². The van der Waals surface area contributed by atoms with Crippen LogP contribution in [0.15, 0.2) is 70.0 Å². The van der Waals surface area contributed by atoms with Crippen molar-refractivity contribution >= 4 is 39.2 Å². The van der Waals surface area contributed by atoms with E-state index in [0.29, 0.717) is 12.3 Å². The van der Waals surface area contributed by atoms with Crippen molar-refractivity contribution in [2.75, 3.05) is 18.8 Å². The molecule has 0 saturated carbocycles. The van der Waals surface area contributed by atoms with Crippen LogP contribution in [0.1, 0.15) is 12.0 Å². The molecule has 0 radical (unpaired) electrons. The molecule has 4 heteroatoms. The number of benzene rings is 2. The first-order valence-corrected chi connectivity index (χ1v) is 9.41. The van der Waals surface area contributed by atoms with Crippen molar-refractivity contribution in [1.29, 1.82) is 0 Å². The average molecular weight is 388 g/mol. The normalized spacial score (nSPS) is 14.5. The van der Waals surface area contributed by atoms with Gasteiger partial charge in [-0.05, 0) is 41.8 Å². The third-order valence-electron chi connectivity index (χ3n) is 3.88. The number of amides is 1. The smallest absolute Gasteiger partial charge is 0.233 e. The van der Waals surface area contributed by atoms with Crippen LogP contribution in [-0.4, -0.2) is 29.6 Å². The van der Waals surface area contributed by atoms with Crippen molar-refractivity contribution in [2.45, 2.75) is 11.3 Å². The van der Waals surface area contributed by atoms with E-state index in [4.69, 9.17) is 0 Å². The van der Waals surface area contributed by atoms with Gasteiger partial charge in [-0.25, -0.2) is 0 Å². The number of halogens is 1. The second-order valence-corrected chi connectivity index (χ2v) is 7.39. The van der Waals surface area contributed by atoms with E-state index in [1.54, 1.807) is 11.8 Å². The van der Waals surface area contributed by atoms with Gasteiger partial charge in [0.25, 0.3) is 0 Å². The monoisotopic (exact) mass is 387 g/mol. The highest BCUT2D eigenvalue weighted by Gasteiger charge is 2.17. The molecule has 0 unspecified atom stereocenters. The maximum absolute atomic E-state index is 12.3. The fourth-order valence-electron chi connectivity index (χ4n) is 2.58. The quantitative estimate of drug-likeness (QED) is 0.698. The van der Waals surface area contributed by atoms with Crippen molar-refractivity contribution in [3.63, 3.8) is 0 Å². The molecule has 0 saturated heterocycles. The predicted octanol–water partition coefficient (Wildman–Crippen LogP) is 4.86. The predicted molar refractivity (Wildman–Crippen MR) is 100 cm³/mol. The van der Waals surface area contributed by atoms with Gasteiger partial charge in [-0.2, -0.15) is 0 Å². The highest BCUT2D eigenvalue weighted by Crippen LogP contribution is 2.24. The Kier molecular flexibility index (Phi) is 5.57. The number of thioether (sulfide) groups is 1. The Labute approximate surface area is 149 Å². The molecule has 0 atom stereocenters. The van der Waals surface area contributed by atoms with Crippen molar-refractivity contribution < 1.29 is 4.79 Å². The van der Waals surface area contributed by atoms with Gasteiger partial charge in [-0.1, -0.05) is 52.3 Å². The Morgan fingerprint density at radius 1 is 1.09 bits per heavy atom. The maximum atomic E-state index is 12.3. The molecule has 1 aliphatic rings. The first-order valence-electron chi connectivity index (χ1n) is 7.63. The van der Waals surface area contributed by atoms with Crippen LogP contribution >= 0.6 is 27.7 Å². The van der Waals surface area contributed by atoms with Crippen molar-refractivity contribution in [1.82, 2.24) is 4.90 Å². The van der Waals surface area contributed by atoms with E-state index in [0.717, 1.165) is 22.3 Å². The first-order chi connectivity index (χ1) is 11.2. The van der Waals surface area contributed by atoms with Crippen LogP contribution in [0.2, 0.25) is 0 Å². The molecular formula is C19H18BrNOS. The summed E-state index contributed by atoms with van der Waals surface area (Å²) in [6.45, 7) is 1.52. The topological polar surface area (TPSA) is 20.3 Å². The molecule has 2 aromatic carbocycles. The Bertz CT molecular complexity index is 697. The average Bonchev–Trinajstić information content (AvgIpc) is 2.62. The largest absolute Gasteiger partial charge is 0.338 e. The highest BCUT2D eigenvalue weighted by molar-refractivity contribution is 9.10. The Morgan fingerprint density at radius 3 is 2.48 bits per heavy atom. The van der Waals surface area contributed by atoms with Gasteiger partial charge in [0.05, 0.1) is 5.75 Å². The lowest BCUT2D eigenvalue weighted by Crippen LogP contribution is -2.35. The molecule has 1 heterocycles. The molecule has 0 bridgehead atoms. The summed E-state index contributed by atoms with van der Waals surface area (Å²) in [5.41, 5.74) is 2.61. The molecule has 118 valence electrons.